The van der Waals surface area contributed by atoms with Gasteiger partial charge >= 0.3 is 0 Å². The zero-order valence-electron chi connectivity index (χ0n) is 9.48. The summed E-state index contributed by atoms with van der Waals surface area (Å²) in [5, 5.41) is 14.3. The molecule has 90 valence electrons. The number of nitrogens with zero attached hydrogens (tertiary/aromatic N) is 1. The van der Waals surface area contributed by atoms with Crippen molar-refractivity contribution in [3.63, 3.8) is 0 Å². The number of allylic oxidation sites excluding steroid dienone is 1. The molecule has 0 spiro atoms. The maximum Gasteiger partial charge on any atom is 0.258 e. The topological polar surface area (TPSA) is 82.0 Å². The average Bonchev–Trinajstić information content (AvgIpc) is 2.35. The van der Waals surface area contributed by atoms with Gasteiger partial charge in [-0.25, -0.2) is 0 Å². The second-order valence-corrected chi connectivity index (χ2v) is 4.72. The first-order valence-corrected chi connectivity index (χ1v) is 5.93. The van der Waals surface area contributed by atoms with E-state index in [1.807, 2.05) is 6.07 Å². The van der Waals surface area contributed by atoms with Crippen LogP contribution in [0.3, 0.4) is 0 Å². The number of para-hydroxylation sites is 1. The molecule has 2 N–H and O–H groups in total. The number of hydrogen-bond donors (Lipinski definition) is 2. The lowest BCUT2D eigenvalue weighted by molar-refractivity contribution is -0.109. The molecule has 1 amide bonds. The predicted molar refractivity (Wildman–Crippen MR) is 68.4 cm³/mol. The van der Waals surface area contributed by atoms with Gasteiger partial charge in [-0.2, -0.15) is 5.26 Å². The van der Waals surface area contributed by atoms with Gasteiger partial charge in [-0.3, -0.25) is 9.59 Å². The van der Waals surface area contributed by atoms with Crippen LogP contribution in [0.25, 0.3) is 0 Å². The summed E-state index contributed by atoms with van der Waals surface area (Å²) in [6.45, 7) is 1.36. The molecular weight excluding hydrogens is 250 g/mol. The minimum absolute atomic E-state index is 0.144. The number of nitriles is 1. The summed E-state index contributed by atoms with van der Waals surface area (Å²) in [7, 11) is 0. The Labute approximate surface area is 108 Å². The van der Waals surface area contributed by atoms with Crippen molar-refractivity contribution in [1.82, 2.24) is 5.32 Å². The molecule has 2 rings (SSSR count). The van der Waals surface area contributed by atoms with Gasteiger partial charge in [0.25, 0.3) is 5.91 Å². The summed E-state index contributed by atoms with van der Waals surface area (Å²) in [6.07, 6.45) is 0. The van der Waals surface area contributed by atoms with Gasteiger partial charge in [0.15, 0.2) is 5.12 Å². The standard InChI is InChI=1S/C12H9N3O2S/c1-7(16)18-10(6-13)11-14-9-5-3-2-4-8(9)12(17)15-11/h2-5,14H,1H3,(H,15,17)/b11-10+. The summed E-state index contributed by atoms with van der Waals surface area (Å²) in [6, 6.07) is 8.85. The van der Waals surface area contributed by atoms with Crippen molar-refractivity contribution in [2.45, 2.75) is 6.92 Å². The Hall–Kier alpha value is -2.26. The first-order valence-electron chi connectivity index (χ1n) is 5.12. The van der Waals surface area contributed by atoms with Gasteiger partial charge in [0.05, 0.1) is 11.3 Å². The number of nitrogens with one attached hydrogen (secondary N) is 2. The molecule has 0 saturated heterocycles. The van der Waals surface area contributed by atoms with Crippen LogP contribution in [0, 0.1) is 11.3 Å². The second kappa shape index (κ2) is 4.94. The van der Waals surface area contributed by atoms with Crippen molar-refractivity contribution in [1.29, 1.82) is 5.26 Å². The number of benzene rings is 1. The molecule has 0 atom stereocenters. The molecule has 18 heavy (non-hydrogen) atoms. The van der Waals surface area contributed by atoms with Gasteiger partial charge < -0.3 is 10.6 Å². The Kier molecular flexibility index (Phi) is 3.35. The van der Waals surface area contributed by atoms with E-state index in [2.05, 4.69) is 10.6 Å². The molecule has 0 radical (unpaired) electrons. The summed E-state index contributed by atoms with van der Waals surface area (Å²) >= 11 is 0.785. The van der Waals surface area contributed by atoms with Gasteiger partial charge in [0, 0.05) is 6.92 Å². The fraction of sp³-hybridized carbons (Fsp3) is 0.0833. The van der Waals surface area contributed by atoms with Crippen molar-refractivity contribution in [2.75, 3.05) is 5.32 Å². The summed E-state index contributed by atoms with van der Waals surface area (Å²) in [5.41, 5.74) is 1.12. The van der Waals surface area contributed by atoms with Gasteiger partial charge in [-0.15, -0.1) is 0 Å². The molecule has 0 aromatic heterocycles. The van der Waals surface area contributed by atoms with Gasteiger partial charge in [-0.1, -0.05) is 12.1 Å². The number of hydrogen-bond acceptors (Lipinski definition) is 5. The summed E-state index contributed by atoms with van der Waals surface area (Å²) < 4.78 is 0. The molecule has 0 unspecified atom stereocenters. The van der Waals surface area contributed by atoms with Crippen LogP contribution in [0.2, 0.25) is 0 Å². The third kappa shape index (κ3) is 2.36. The zero-order chi connectivity index (χ0) is 13.1. The number of anilines is 1. The summed E-state index contributed by atoms with van der Waals surface area (Å²) in [5.74, 6) is -0.0438. The van der Waals surface area contributed by atoms with E-state index >= 15 is 0 Å². The van der Waals surface area contributed by atoms with E-state index in [1.165, 1.54) is 6.92 Å². The average molecular weight is 259 g/mol. The maximum atomic E-state index is 11.8. The third-order valence-electron chi connectivity index (χ3n) is 2.24. The summed E-state index contributed by atoms with van der Waals surface area (Å²) in [4.78, 5) is 23.0. The molecular formula is C12H9N3O2S. The Morgan fingerprint density at radius 1 is 1.33 bits per heavy atom. The Balaban J connectivity index is 2.41. The molecule has 0 bridgehead atoms. The van der Waals surface area contributed by atoms with Crippen molar-refractivity contribution < 1.29 is 9.59 Å². The first-order chi connectivity index (χ1) is 8.61. The molecule has 0 saturated carbocycles. The predicted octanol–water partition coefficient (Wildman–Crippen LogP) is 1.81. The van der Waals surface area contributed by atoms with Crippen LogP contribution in [0.4, 0.5) is 5.69 Å². The van der Waals surface area contributed by atoms with Crippen LogP contribution in [-0.2, 0) is 4.79 Å². The fourth-order valence-electron chi connectivity index (χ4n) is 1.52. The van der Waals surface area contributed by atoms with E-state index in [4.69, 9.17) is 5.26 Å². The van der Waals surface area contributed by atoms with Gasteiger partial charge in [0.2, 0.25) is 0 Å². The zero-order valence-corrected chi connectivity index (χ0v) is 10.3. The van der Waals surface area contributed by atoms with Crippen LogP contribution in [0.15, 0.2) is 35.0 Å². The number of carbonyl (C=O) groups excluding carboxylic acids is 2. The maximum absolute atomic E-state index is 11.8. The van der Waals surface area contributed by atoms with Crippen LogP contribution in [0.5, 0.6) is 0 Å². The molecule has 1 heterocycles. The van der Waals surface area contributed by atoms with Crippen molar-refractivity contribution >= 4 is 28.5 Å². The number of thioether (sulfide) groups is 1. The number of carbonyl (C=O) groups is 2. The van der Waals surface area contributed by atoms with Crippen LogP contribution in [-0.4, -0.2) is 11.0 Å². The molecule has 1 aliphatic heterocycles. The third-order valence-corrected chi connectivity index (χ3v) is 3.03. The van der Waals surface area contributed by atoms with Gasteiger partial charge in [-0.05, 0) is 23.9 Å². The molecule has 1 aliphatic rings. The number of rotatable bonds is 1. The number of fused-ring (bicyclic) bond motifs is 1. The van der Waals surface area contributed by atoms with E-state index in [9.17, 15) is 9.59 Å². The molecule has 6 heteroatoms. The Morgan fingerprint density at radius 3 is 2.72 bits per heavy atom. The van der Waals surface area contributed by atoms with Gasteiger partial charge in [0.1, 0.15) is 16.8 Å². The lowest BCUT2D eigenvalue weighted by atomic mass is 10.1. The second-order valence-electron chi connectivity index (χ2n) is 3.53. The smallest absolute Gasteiger partial charge is 0.258 e. The monoisotopic (exact) mass is 259 g/mol. The van der Waals surface area contributed by atoms with Crippen molar-refractivity contribution in [3.8, 4) is 6.07 Å². The van der Waals surface area contributed by atoms with Crippen LogP contribution < -0.4 is 10.6 Å². The Bertz CT molecular complexity index is 602. The highest BCUT2D eigenvalue weighted by Crippen LogP contribution is 2.26. The molecule has 1 aromatic rings. The quantitative estimate of drug-likeness (QED) is 0.752. The first kappa shape index (κ1) is 12.2. The molecule has 5 nitrogen and oxygen atoms in total. The SMILES string of the molecule is CC(=O)S/C(C#N)=C1/NC(=O)c2ccccc2N1. The van der Waals surface area contributed by atoms with E-state index in [0.717, 1.165) is 11.8 Å². The van der Waals surface area contributed by atoms with E-state index in [0.29, 0.717) is 11.3 Å². The van der Waals surface area contributed by atoms with Crippen LogP contribution in [0.1, 0.15) is 17.3 Å². The lowest BCUT2D eigenvalue weighted by Crippen LogP contribution is -2.33. The largest absolute Gasteiger partial charge is 0.340 e. The number of amides is 1. The minimum Gasteiger partial charge on any atom is -0.340 e. The van der Waals surface area contributed by atoms with Crippen LogP contribution >= 0.6 is 11.8 Å². The Morgan fingerprint density at radius 2 is 2.06 bits per heavy atom. The fourth-order valence-corrected chi connectivity index (χ4v) is 2.06. The van der Waals surface area contributed by atoms with E-state index in [1.54, 1.807) is 24.3 Å². The highest BCUT2D eigenvalue weighted by molar-refractivity contribution is 8.17. The highest BCUT2D eigenvalue weighted by Gasteiger charge is 2.22. The molecule has 0 fully saturated rings. The van der Waals surface area contributed by atoms with Crippen molar-refractivity contribution in [2.24, 2.45) is 0 Å². The highest BCUT2D eigenvalue weighted by atomic mass is 32.2. The van der Waals surface area contributed by atoms with E-state index in [-0.39, 0.29) is 21.7 Å². The van der Waals surface area contributed by atoms with E-state index < -0.39 is 0 Å². The van der Waals surface area contributed by atoms with Crippen molar-refractivity contribution in [3.05, 3.63) is 40.6 Å². The normalized spacial score (nSPS) is 15.9. The lowest BCUT2D eigenvalue weighted by Gasteiger charge is -2.21. The molecule has 1 aromatic carbocycles. The molecule has 0 aliphatic carbocycles. The minimum atomic E-state index is -0.295.